The largest absolute Gasteiger partial charge is 0.444 e. The molecule has 1 amide bonds. The first-order chi connectivity index (χ1) is 13.2. The van der Waals surface area contributed by atoms with Gasteiger partial charge in [-0.2, -0.15) is 0 Å². The summed E-state index contributed by atoms with van der Waals surface area (Å²) in [6.07, 6.45) is 3.74. The van der Waals surface area contributed by atoms with Crippen molar-refractivity contribution in [1.82, 2.24) is 20.9 Å². The minimum absolute atomic E-state index is 0. The Kier molecular flexibility index (Phi) is 12.9. The van der Waals surface area contributed by atoms with E-state index in [9.17, 15) is 4.79 Å². The fraction of sp³-hybridized carbons (Fsp3) is 0.667. The average molecular weight is 519 g/mol. The lowest BCUT2D eigenvalue weighted by Gasteiger charge is -2.32. The first kappa shape index (κ1) is 27.4. The molecule has 0 saturated carbocycles. The van der Waals surface area contributed by atoms with Gasteiger partial charge >= 0.3 is 6.09 Å². The highest BCUT2D eigenvalue weighted by Crippen LogP contribution is 2.17. The van der Waals surface area contributed by atoms with Crippen molar-refractivity contribution < 1.29 is 9.53 Å². The number of nitrogens with one attached hydrogen (secondary N) is 3. The van der Waals surface area contributed by atoms with E-state index in [-0.39, 0.29) is 24.0 Å². The van der Waals surface area contributed by atoms with Gasteiger partial charge in [-0.15, -0.1) is 24.0 Å². The SMILES string of the molecule is CCNC(=NCC(CC)(CC)NC(=O)OC(C)(C)C)NCCc1ccccn1.I. The molecule has 0 bridgehead atoms. The lowest BCUT2D eigenvalue weighted by molar-refractivity contribution is 0.0452. The fourth-order valence-corrected chi connectivity index (χ4v) is 2.64. The van der Waals surface area contributed by atoms with Crippen molar-refractivity contribution in [3.8, 4) is 0 Å². The number of carbonyl (C=O) groups excluding carboxylic acids is 1. The number of alkyl carbamates (subject to hydrolysis) is 1. The van der Waals surface area contributed by atoms with Gasteiger partial charge in [0, 0.05) is 31.4 Å². The molecule has 7 nitrogen and oxygen atoms in total. The Morgan fingerprint density at radius 1 is 1.14 bits per heavy atom. The topological polar surface area (TPSA) is 87.6 Å². The summed E-state index contributed by atoms with van der Waals surface area (Å²) < 4.78 is 5.43. The maximum Gasteiger partial charge on any atom is 0.408 e. The minimum Gasteiger partial charge on any atom is -0.444 e. The number of hydrogen-bond donors (Lipinski definition) is 3. The van der Waals surface area contributed by atoms with Crippen LogP contribution in [0.4, 0.5) is 4.79 Å². The van der Waals surface area contributed by atoms with Crippen LogP contribution in [0.1, 0.15) is 60.1 Å². The zero-order valence-electron chi connectivity index (χ0n) is 18.7. The normalized spacial score (nSPS) is 12.0. The van der Waals surface area contributed by atoms with Crippen LogP contribution in [0.25, 0.3) is 0 Å². The Bertz CT molecular complexity index is 613. The van der Waals surface area contributed by atoms with E-state index in [0.29, 0.717) is 6.54 Å². The molecule has 3 N–H and O–H groups in total. The molecule has 0 saturated heterocycles. The zero-order valence-corrected chi connectivity index (χ0v) is 21.0. The summed E-state index contributed by atoms with van der Waals surface area (Å²) in [4.78, 5) is 21.3. The van der Waals surface area contributed by atoms with Crippen molar-refractivity contribution in [2.75, 3.05) is 19.6 Å². The molecule has 1 heterocycles. The van der Waals surface area contributed by atoms with Crippen molar-refractivity contribution >= 4 is 36.0 Å². The third-order valence-corrected chi connectivity index (χ3v) is 4.40. The minimum atomic E-state index is -0.525. The maximum absolute atomic E-state index is 12.3. The Morgan fingerprint density at radius 3 is 2.34 bits per heavy atom. The molecule has 0 aliphatic heterocycles. The fourth-order valence-electron chi connectivity index (χ4n) is 2.64. The van der Waals surface area contributed by atoms with Crippen LogP contribution in [0.5, 0.6) is 0 Å². The summed E-state index contributed by atoms with van der Waals surface area (Å²) in [6, 6.07) is 5.91. The molecular formula is C21H38IN5O2. The van der Waals surface area contributed by atoms with E-state index in [4.69, 9.17) is 9.73 Å². The van der Waals surface area contributed by atoms with E-state index in [0.717, 1.165) is 44.0 Å². The van der Waals surface area contributed by atoms with Crippen LogP contribution < -0.4 is 16.0 Å². The Hall–Kier alpha value is -1.58. The zero-order chi connectivity index (χ0) is 21.0. The van der Waals surface area contributed by atoms with Crippen molar-refractivity contribution in [1.29, 1.82) is 0 Å². The van der Waals surface area contributed by atoms with Crippen LogP contribution in [0.2, 0.25) is 0 Å². The molecular weight excluding hydrogens is 481 g/mol. The van der Waals surface area contributed by atoms with E-state index >= 15 is 0 Å². The highest BCUT2D eigenvalue weighted by molar-refractivity contribution is 14.0. The molecule has 29 heavy (non-hydrogen) atoms. The van der Waals surface area contributed by atoms with Crippen LogP contribution in [0.15, 0.2) is 29.4 Å². The summed E-state index contributed by atoms with van der Waals surface area (Å²) in [5.74, 6) is 0.732. The maximum atomic E-state index is 12.3. The molecule has 0 fully saturated rings. The van der Waals surface area contributed by atoms with Crippen LogP contribution in [0.3, 0.4) is 0 Å². The summed E-state index contributed by atoms with van der Waals surface area (Å²) in [6.45, 7) is 13.7. The Labute approximate surface area is 192 Å². The second kappa shape index (κ2) is 13.6. The quantitative estimate of drug-likeness (QED) is 0.262. The molecule has 0 aliphatic carbocycles. The summed E-state index contributed by atoms with van der Waals surface area (Å²) in [7, 11) is 0. The molecule has 8 heteroatoms. The van der Waals surface area contributed by atoms with Gasteiger partial charge in [-0.3, -0.25) is 9.98 Å². The van der Waals surface area contributed by atoms with E-state index < -0.39 is 17.2 Å². The van der Waals surface area contributed by atoms with Crippen molar-refractivity contribution in [2.24, 2.45) is 4.99 Å². The smallest absolute Gasteiger partial charge is 0.408 e. The van der Waals surface area contributed by atoms with Crippen molar-refractivity contribution in [3.05, 3.63) is 30.1 Å². The number of aromatic nitrogens is 1. The van der Waals surface area contributed by atoms with Crippen LogP contribution in [0, 0.1) is 0 Å². The monoisotopic (exact) mass is 519 g/mol. The van der Waals surface area contributed by atoms with Gasteiger partial charge in [-0.05, 0) is 52.7 Å². The van der Waals surface area contributed by atoms with Crippen LogP contribution in [-0.4, -0.2) is 47.8 Å². The van der Waals surface area contributed by atoms with Gasteiger partial charge in [0.2, 0.25) is 0 Å². The van der Waals surface area contributed by atoms with Crippen molar-refractivity contribution in [3.63, 3.8) is 0 Å². The standard InChI is InChI=1S/C21H37N5O2.HI/c1-7-21(8-2,26-19(27)28-20(4,5)6)16-25-18(22-9-3)24-15-13-17-12-10-11-14-23-17;/h10-12,14H,7-9,13,15-16H2,1-6H3,(H,26,27)(H2,22,24,25);1H. The van der Waals surface area contributed by atoms with Crippen LogP contribution in [-0.2, 0) is 11.2 Å². The van der Waals surface area contributed by atoms with Gasteiger partial charge in [0.25, 0.3) is 0 Å². The summed E-state index contributed by atoms with van der Waals surface area (Å²) in [5.41, 5.74) is 0.0719. The van der Waals surface area contributed by atoms with Crippen molar-refractivity contribution in [2.45, 2.75) is 71.9 Å². The predicted molar refractivity (Wildman–Crippen MR) is 130 cm³/mol. The van der Waals surface area contributed by atoms with Gasteiger partial charge in [-0.25, -0.2) is 4.79 Å². The lowest BCUT2D eigenvalue weighted by Crippen LogP contribution is -2.52. The third kappa shape index (κ3) is 11.3. The van der Waals surface area contributed by atoms with Gasteiger partial charge < -0.3 is 20.7 Å². The highest BCUT2D eigenvalue weighted by atomic mass is 127. The molecule has 1 rings (SSSR count). The number of carbonyl (C=O) groups is 1. The number of rotatable bonds is 9. The van der Waals surface area contributed by atoms with E-state index in [1.54, 1.807) is 6.20 Å². The number of aliphatic imine (C=N–C) groups is 1. The molecule has 0 spiro atoms. The molecule has 0 aliphatic rings. The number of halogens is 1. The third-order valence-electron chi connectivity index (χ3n) is 4.40. The first-order valence-electron chi connectivity index (χ1n) is 10.2. The second-order valence-corrected chi connectivity index (χ2v) is 7.81. The molecule has 0 aromatic carbocycles. The Morgan fingerprint density at radius 2 is 1.83 bits per heavy atom. The number of pyridine rings is 1. The molecule has 0 atom stereocenters. The predicted octanol–water partition coefficient (Wildman–Crippen LogP) is 3.88. The van der Waals surface area contributed by atoms with E-state index in [1.165, 1.54) is 0 Å². The van der Waals surface area contributed by atoms with E-state index in [2.05, 4.69) is 34.8 Å². The number of guanidine groups is 1. The van der Waals surface area contributed by atoms with Gasteiger partial charge in [-0.1, -0.05) is 19.9 Å². The van der Waals surface area contributed by atoms with Gasteiger partial charge in [0.05, 0.1) is 12.1 Å². The van der Waals surface area contributed by atoms with Gasteiger partial charge in [0.15, 0.2) is 5.96 Å². The molecule has 0 unspecified atom stereocenters. The molecule has 1 aromatic heterocycles. The van der Waals surface area contributed by atoms with Gasteiger partial charge in [0.1, 0.15) is 5.60 Å². The summed E-state index contributed by atoms with van der Waals surface area (Å²) >= 11 is 0. The second-order valence-electron chi connectivity index (χ2n) is 7.81. The number of hydrogen-bond acceptors (Lipinski definition) is 4. The summed E-state index contributed by atoms with van der Waals surface area (Å²) in [5, 5.41) is 9.62. The molecule has 166 valence electrons. The van der Waals surface area contributed by atoms with E-state index in [1.807, 2.05) is 45.9 Å². The molecule has 0 radical (unpaired) electrons. The lowest BCUT2D eigenvalue weighted by atomic mass is 9.93. The average Bonchev–Trinajstić information content (AvgIpc) is 2.64. The highest BCUT2D eigenvalue weighted by Gasteiger charge is 2.30. The first-order valence-corrected chi connectivity index (χ1v) is 10.2. The Balaban J connectivity index is 0.00000784. The number of ether oxygens (including phenoxy) is 1. The van der Waals surface area contributed by atoms with Crippen LogP contribution >= 0.6 is 24.0 Å². The number of nitrogens with zero attached hydrogens (tertiary/aromatic N) is 2. The molecule has 1 aromatic rings. The number of amides is 1.